The first-order valence-corrected chi connectivity index (χ1v) is 11.5. The fourth-order valence-electron chi connectivity index (χ4n) is 3.72. The van der Waals surface area contributed by atoms with Gasteiger partial charge in [0, 0.05) is 12.2 Å². The van der Waals surface area contributed by atoms with Gasteiger partial charge in [0.25, 0.3) is 5.91 Å². The third kappa shape index (κ3) is 6.33. The minimum atomic E-state index is -2.08. The summed E-state index contributed by atoms with van der Waals surface area (Å²) in [6, 6.07) is 24.2. The zero-order valence-corrected chi connectivity index (χ0v) is 19.9. The maximum absolute atomic E-state index is 13.1. The van der Waals surface area contributed by atoms with Gasteiger partial charge in [-0.1, -0.05) is 85.8 Å². The van der Waals surface area contributed by atoms with Gasteiger partial charge in [-0.2, -0.15) is 0 Å². The Morgan fingerprint density at radius 2 is 1.43 bits per heavy atom. The summed E-state index contributed by atoms with van der Waals surface area (Å²) in [6.45, 7) is 3.30. The van der Waals surface area contributed by atoms with Crippen molar-refractivity contribution in [2.45, 2.75) is 25.9 Å². The highest BCUT2D eigenvalue weighted by Crippen LogP contribution is 2.31. The number of hydrogen-bond donors (Lipinski definition) is 2. The fraction of sp³-hybridized carbons (Fsp3) is 0.250. The topological polar surface area (TPSA) is 95.9 Å². The zero-order chi connectivity index (χ0) is 25.3. The van der Waals surface area contributed by atoms with Crippen molar-refractivity contribution in [3.05, 3.63) is 102 Å². The number of carbonyl (C=O) groups is 3. The van der Waals surface area contributed by atoms with Crippen LogP contribution in [0.25, 0.3) is 0 Å². The van der Waals surface area contributed by atoms with Gasteiger partial charge >= 0.3 is 5.97 Å². The predicted molar refractivity (Wildman–Crippen MR) is 134 cm³/mol. The lowest BCUT2D eigenvalue weighted by Crippen LogP contribution is -2.43. The van der Waals surface area contributed by atoms with Crippen LogP contribution < -0.4 is 5.32 Å². The molecule has 0 aliphatic carbocycles. The summed E-state index contributed by atoms with van der Waals surface area (Å²) in [5.74, 6) is -1.84. The molecule has 0 aliphatic rings. The van der Waals surface area contributed by atoms with Crippen LogP contribution >= 0.6 is 0 Å². The first-order chi connectivity index (χ1) is 16.9. The van der Waals surface area contributed by atoms with Gasteiger partial charge < -0.3 is 20.1 Å². The lowest BCUT2D eigenvalue weighted by molar-refractivity contribution is -0.166. The Kier molecular flexibility index (Phi) is 8.75. The smallest absolute Gasteiger partial charge is 0.348 e. The van der Waals surface area contributed by atoms with E-state index in [0.717, 1.165) is 5.56 Å². The highest BCUT2D eigenvalue weighted by atomic mass is 16.6. The highest BCUT2D eigenvalue weighted by Gasteiger charge is 2.42. The first kappa shape index (κ1) is 25.6. The van der Waals surface area contributed by atoms with Gasteiger partial charge in [-0.05, 0) is 36.1 Å². The second kappa shape index (κ2) is 11.9. The molecule has 2 N–H and O–H groups in total. The average Bonchev–Trinajstić information content (AvgIpc) is 2.88. The number of anilines is 1. The molecular formula is C28H30N2O5. The number of hydrogen-bond acceptors (Lipinski definition) is 5. The van der Waals surface area contributed by atoms with Crippen LogP contribution in [-0.2, 0) is 24.7 Å². The van der Waals surface area contributed by atoms with Crippen LogP contribution in [0.2, 0.25) is 0 Å². The van der Waals surface area contributed by atoms with E-state index in [9.17, 15) is 19.5 Å². The number of esters is 1. The number of para-hydroxylation sites is 1. The van der Waals surface area contributed by atoms with Crippen molar-refractivity contribution < 1.29 is 24.2 Å². The molecule has 0 radical (unpaired) electrons. The molecule has 7 heteroatoms. The summed E-state index contributed by atoms with van der Waals surface area (Å²) < 4.78 is 5.31. The van der Waals surface area contributed by atoms with Crippen LogP contribution in [0.3, 0.4) is 0 Å². The molecule has 0 atom stereocenters. The number of ether oxygens (including phenoxy) is 1. The van der Waals surface area contributed by atoms with Crippen molar-refractivity contribution in [2.24, 2.45) is 0 Å². The minimum Gasteiger partial charge on any atom is -0.453 e. The molecule has 0 bridgehead atoms. The summed E-state index contributed by atoms with van der Waals surface area (Å²) in [6.07, 6.45) is 0.620. The Hall–Kier alpha value is -3.97. The molecule has 0 heterocycles. The van der Waals surface area contributed by atoms with E-state index in [4.69, 9.17) is 4.74 Å². The number of aryl methyl sites for hydroxylation is 1. The molecule has 3 aromatic rings. The van der Waals surface area contributed by atoms with Gasteiger partial charge in [-0.3, -0.25) is 9.59 Å². The quantitative estimate of drug-likeness (QED) is 0.438. The van der Waals surface area contributed by atoms with E-state index in [1.54, 1.807) is 66.7 Å². The van der Waals surface area contributed by atoms with Gasteiger partial charge in [0.1, 0.15) is 0 Å². The second-order valence-electron chi connectivity index (χ2n) is 8.20. The van der Waals surface area contributed by atoms with Crippen LogP contribution in [0, 0.1) is 6.92 Å². The third-order valence-corrected chi connectivity index (χ3v) is 5.61. The van der Waals surface area contributed by atoms with E-state index in [1.165, 1.54) is 4.90 Å². The van der Waals surface area contributed by atoms with Crippen molar-refractivity contribution in [3.63, 3.8) is 0 Å². The molecule has 0 aromatic heterocycles. The average molecular weight is 475 g/mol. The monoisotopic (exact) mass is 474 g/mol. The predicted octanol–water partition coefficient (Wildman–Crippen LogP) is 3.65. The van der Waals surface area contributed by atoms with Crippen LogP contribution in [-0.4, -0.2) is 47.5 Å². The van der Waals surface area contributed by atoms with E-state index in [2.05, 4.69) is 5.32 Å². The largest absolute Gasteiger partial charge is 0.453 e. The number of nitrogens with one attached hydrogen (secondary N) is 1. The van der Waals surface area contributed by atoms with Crippen molar-refractivity contribution in [2.75, 3.05) is 25.0 Å². The van der Waals surface area contributed by atoms with E-state index >= 15 is 0 Å². The van der Waals surface area contributed by atoms with Gasteiger partial charge in [0.15, 0.2) is 6.61 Å². The Balaban J connectivity index is 1.70. The molecule has 3 rings (SSSR count). The van der Waals surface area contributed by atoms with Crippen LogP contribution in [0.15, 0.2) is 84.9 Å². The van der Waals surface area contributed by atoms with E-state index in [-0.39, 0.29) is 12.5 Å². The van der Waals surface area contributed by atoms with Crippen molar-refractivity contribution in [1.29, 1.82) is 0 Å². The normalized spacial score (nSPS) is 10.9. The van der Waals surface area contributed by atoms with Crippen LogP contribution in [0.4, 0.5) is 5.69 Å². The molecule has 0 saturated heterocycles. The molecule has 0 aliphatic heterocycles. The molecule has 35 heavy (non-hydrogen) atoms. The highest BCUT2D eigenvalue weighted by molar-refractivity contribution is 5.95. The minimum absolute atomic E-state index is 0.180. The second-order valence-corrected chi connectivity index (χ2v) is 8.20. The van der Waals surface area contributed by atoms with Crippen LogP contribution in [0.5, 0.6) is 0 Å². The molecule has 3 aromatic carbocycles. The molecule has 2 amide bonds. The number of rotatable bonds is 10. The number of aliphatic hydroxyl groups is 1. The van der Waals surface area contributed by atoms with Crippen molar-refractivity contribution in [3.8, 4) is 0 Å². The summed E-state index contributed by atoms with van der Waals surface area (Å²) in [7, 11) is 0. The SMILES string of the molecule is CCCN(CC(=O)Nc1ccccc1C)C(=O)COC(=O)C(O)(c1ccccc1)c1ccccc1. The maximum atomic E-state index is 13.1. The Morgan fingerprint density at radius 3 is 1.97 bits per heavy atom. The van der Waals surface area contributed by atoms with Gasteiger partial charge in [0.2, 0.25) is 11.5 Å². The third-order valence-electron chi connectivity index (χ3n) is 5.61. The molecular weight excluding hydrogens is 444 g/mol. The Bertz CT molecular complexity index is 1110. The molecule has 0 spiro atoms. The lowest BCUT2D eigenvalue weighted by Gasteiger charge is -2.28. The lowest BCUT2D eigenvalue weighted by atomic mass is 9.86. The molecule has 0 unspecified atom stereocenters. The molecule has 182 valence electrons. The fourth-order valence-corrected chi connectivity index (χ4v) is 3.72. The molecule has 0 fully saturated rings. The van der Waals surface area contributed by atoms with E-state index < -0.39 is 24.1 Å². The number of carbonyl (C=O) groups excluding carboxylic acids is 3. The molecule has 7 nitrogen and oxygen atoms in total. The van der Waals surface area contributed by atoms with Crippen molar-refractivity contribution in [1.82, 2.24) is 4.90 Å². The van der Waals surface area contributed by atoms with E-state index in [0.29, 0.717) is 29.8 Å². The van der Waals surface area contributed by atoms with Gasteiger partial charge in [-0.25, -0.2) is 4.79 Å². The maximum Gasteiger partial charge on any atom is 0.348 e. The number of amides is 2. The Labute approximate surface area is 205 Å². The zero-order valence-electron chi connectivity index (χ0n) is 19.9. The van der Waals surface area contributed by atoms with Crippen LogP contribution in [0.1, 0.15) is 30.0 Å². The van der Waals surface area contributed by atoms with Crippen molar-refractivity contribution >= 4 is 23.5 Å². The number of nitrogens with zero attached hydrogens (tertiary/aromatic N) is 1. The van der Waals surface area contributed by atoms with Gasteiger partial charge in [0.05, 0.1) is 6.54 Å². The van der Waals surface area contributed by atoms with E-state index in [1.807, 2.05) is 32.0 Å². The molecule has 0 saturated carbocycles. The summed E-state index contributed by atoms with van der Waals surface area (Å²) >= 11 is 0. The summed E-state index contributed by atoms with van der Waals surface area (Å²) in [5, 5.41) is 14.3. The summed E-state index contributed by atoms with van der Waals surface area (Å²) in [5.41, 5.74) is 0.145. The van der Waals surface area contributed by atoms with Gasteiger partial charge in [-0.15, -0.1) is 0 Å². The standard InChI is InChI=1S/C28H30N2O5/c1-3-18-30(19-25(31)29-24-17-11-10-12-21(24)2)26(32)20-35-27(33)28(34,22-13-6-4-7-14-22)23-15-8-5-9-16-23/h4-17,34H,3,18-20H2,1-2H3,(H,29,31). The Morgan fingerprint density at radius 1 is 0.886 bits per heavy atom. The first-order valence-electron chi connectivity index (χ1n) is 11.5. The summed E-state index contributed by atoms with van der Waals surface area (Å²) in [4.78, 5) is 39.9. The number of benzene rings is 3.